The Labute approximate surface area is 184 Å². The van der Waals surface area contributed by atoms with Crippen LogP contribution in [0.4, 0.5) is 11.4 Å². The van der Waals surface area contributed by atoms with E-state index in [2.05, 4.69) is 5.32 Å². The smallest absolute Gasteiger partial charge is 0.338 e. The van der Waals surface area contributed by atoms with Crippen LogP contribution >= 0.6 is 0 Å². The maximum atomic E-state index is 12.4. The highest BCUT2D eigenvalue weighted by molar-refractivity contribution is 6.19. The quantitative estimate of drug-likeness (QED) is 0.476. The number of hydrogen-bond acceptors (Lipinski definition) is 5. The molecule has 1 aliphatic heterocycles. The second-order valence-electron chi connectivity index (χ2n) is 7.21. The zero-order chi connectivity index (χ0) is 22.5. The summed E-state index contributed by atoms with van der Waals surface area (Å²) in [6.45, 7) is -0.452. The van der Waals surface area contributed by atoms with E-state index in [0.717, 1.165) is 16.0 Å². The lowest BCUT2D eigenvalue weighted by Crippen LogP contribution is -2.28. The number of nitrogens with zero attached hydrogens (tertiary/aromatic N) is 1. The predicted molar refractivity (Wildman–Crippen MR) is 119 cm³/mol. The van der Waals surface area contributed by atoms with Crippen LogP contribution in [0, 0.1) is 0 Å². The minimum absolute atomic E-state index is 0.186. The summed E-state index contributed by atoms with van der Waals surface area (Å²) in [4.78, 5) is 49.4. The predicted octanol–water partition coefficient (Wildman–Crippen LogP) is 3.80. The molecule has 0 spiro atoms. The van der Waals surface area contributed by atoms with Crippen molar-refractivity contribution >= 4 is 35.1 Å². The van der Waals surface area contributed by atoms with Crippen molar-refractivity contribution in [2.24, 2.45) is 0 Å². The molecule has 0 atom stereocenters. The highest BCUT2D eigenvalue weighted by Gasteiger charge is 2.30. The van der Waals surface area contributed by atoms with Crippen LogP contribution in [0.15, 0.2) is 78.9 Å². The van der Waals surface area contributed by atoms with Crippen LogP contribution < -0.4 is 10.2 Å². The molecule has 3 aromatic carbocycles. The van der Waals surface area contributed by atoms with Crippen LogP contribution in [0.3, 0.4) is 0 Å². The molecule has 160 valence electrons. The number of esters is 1. The SMILES string of the molecule is O=C(COC(=O)c1ccc(N2C(=O)CCC2=O)cc1)Nc1ccccc1-c1ccccc1. The minimum Gasteiger partial charge on any atom is -0.452 e. The summed E-state index contributed by atoms with van der Waals surface area (Å²) in [5.41, 5.74) is 3.04. The second-order valence-corrected chi connectivity index (χ2v) is 7.21. The molecule has 3 amide bonds. The van der Waals surface area contributed by atoms with Gasteiger partial charge in [-0.15, -0.1) is 0 Å². The van der Waals surface area contributed by atoms with E-state index in [0.29, 0.717) is 11.4 Å². The van der Waals surface area contributed by atoms with Crippen molar-refractivity contribution in [3.05, 3.63) is 84.4 Å². The van der Waals surface area contributed by atoms with E-state index in [1.807, 2.05) is 48.5 Å². The third kappa shape index (κ3) is 4.57. The first-order valence-electron chi connectivity index (χ1n) is 10.1. The van der Waals surface area contributed by atoms with E-state index in [-0.39, 0.29) is 30.2 Å². The summed E-state index contributed by atoms with van der Waals surface area (Å²) in [5.74, 6) is -1.68. The van der Waals surface area contributed by atoms with E-state index in [4.69, 9.17) is 4.74 Å². The van der Waals surface area contributed by atoms with E-state index in [1.54, 1.807) is 6.07 Å². The molecular formula is C25H20N2O5. The molecule has 1 N–H and O–H groups in total. The van der Waals surface area contributed by atoms with E-state index < -0.39 is 18.5 Å². The molecule has 0 aromatic heterocycles. The Hall–Kier alpha value is -4.26. The molecule has 1 fully saturated rings. The van der Waals surface area contributed by atoms with Gasteiger partial charge in [-0.3, -0.25) is 19.3 Å². The van der Waals surface area contributed by atoms with Gasteiger partial charge in [0.2, 0.25) is 11.8 Å². The third-order valence-electron chi connectivity index (χ3n) is 5.03. The summed E-state index contributed by atoms with van der Waals surface area (Å²) in [6.07, 6.45) is 0.371. The van der Waals surface area contributed by atoms with Crippen LogP contribution in [0.1, 0.15) is 23.2 Å². The fraction of sp³-hybridized carbons (Fsp3) is 0.120. The Morgan fingerprint density at radius 2 is 1.44 bits per heavy atom. The molecule has 7 nitrogen and oxygen atoms in total. The van der Waals surface area contributed by atoms with Crippen LogP contribution in [-0.2, 0) is 19.1 Å². The molecule has 3 aromatic rings. The molecule has 1 aliphatic rings. The van der Waals surface area contributed by atoms with Crippen molar-refractivity contribution < 1.29 is 23.9 Å². The highest BCUT2D eigenvalue weighted by atomic mass is 16.5. The van der Waals surface area contributed by atoms with Gasteiger partial charge in [0.05, 0.1) is 11.3 Å². The number of ether oxygens (including phenoxy) is 1. The van der Waals surface area contributed by atoms with Crippen LogP contribution in [0.2, 0.25) is 0 Å². The summed E-state index contributed by atoms with van der Waals surface area (Å²) >= 11 is 0. The monoisotopic (exact) mass is 428 g/mol. The number of carbonyl (C=O) groups is 4. The third-order valence-corrected chi connectivity index (χ3v) is 5.03. The van der Waals surface area contributed by atoms with E-state index in [9.17, 15) is 19.2 Å². The highest BCUT2D eigenvalue weighted by Crippen LogP contribution is 2.27. The molecule has 7 heteroatoms. The maximum Gasteiger partial charge on any atom is 0.338 e. The molecule has 0 unspecified atom stereocenters. The fourth-order valence-electron chi connectivity index (χ4n) is 3.47. The average Bonchev–Trinajstić information content (AvgIpc) is 3.16. The number of carbonyl (C=O) groups excluding carboxylic acids is 4. The summed E-state index contributed by atoms with van der Waals surface area (Å²) < 4.78 is 5.12. The number of anilines is 2. The van der Waals surface area contributed by atoms with E-state index >= 15 is 0 Å². The number of imide groups is 1. The Morgan fingerprint density at radius 3 is 2.12 bits per heavy atom. The normalized spacial score (nSPS) is 13.2. The number of nitrogens with one attached hydrogen (secondary N) is 1. The molecule has 0 bridgehead atoms. The van der Waals surface area contributed by atoms with Crippen molar-refractivity contribution in [2.45, 2.75) is 12.8 Å². The molecular weight excluding hydrogens is 408 g/mol. The van der Waals surface area contributed by atoms with Gasteiger partial charge >= 0.3 is 5.97 Å². The molecule has 0 saturated carbocycles. The first kappa shape index (κ1) is 21.0. The first-order valence-corrected chi connectivity index (χ1v) is 10.1. The van der Waals surface area contributed by atoms with Crippen molar-refractivity contribution in [1.82, 2.24) is 0 Å². The second kappa shape index (κ2) is 9.26. The summed E-state index contributed by atoms with van der Waals surface area (Å²) in [6, 6.07) is 22.9. The lowest BCUT2D eigenvalue weighted by Gasteiger charge is -2.14. The first-order chi connectivity index (χ1) is 15.5. The molecule has 1 heterocycles. The zero-order valence-electron chi connectivity index (χ0n) is 17.1. The Kier molecular flexibility index (Phi) is 6.07. The lowest BCUT2D eigenvalue weighted by molar-refractivity contribution is -0.121. The molecule has 0 radical (unpaired) electrons. The number of amides is 3. The Bertz CT molecular complexity index is 1160. The number of benzene rings is 3. The van der Waals surface area contributed by atoms with Gasteiger partial charge in [0, 0.05) is 24.1 Å². The Morgan fingerprint density at radius 1 is 0.812 bits per heavy atom. The van der Waals surface area contributed by atoms with Crippen LogP contribution in [-0.4, -0.2) is 30.3 Å². The van der Waals surface area contributed by atoms with Gasteiger partial charge < -0.3 is 10.1 Å². The van der Waals surface area contributed by atoms with Gasteiger partial charge in [-0.2, -0.15) is 0 Å². The van der Waals surface area contributed by atoms with Gasteiger partial charge in [0.1, 0.15) is 0 Å². The summed E-state index contributed by atoms with van der Waals surface area (Å²) in [7, 11) is 0. The lowest BCUT2D eigenvalue weighted by atomic mass is 10.0. The van der Waals surface area contributed by atoms with Crippen LogP contribution in [0.25, 0.3) is 11.1 Å². The number of rotatable bonds is 6. The van der Waals surface area contributed by atoms with Crippen molar-refractivity contribution in [3.8, 4) is 11.1 Å². The van der Waals surface area contributed by atoms with Gasteiger partial charge in [0.25, 0.3) is 5.91 Å². The fourth-order valence-corrected chi connectivity index (χ4v) is 3.47. The van der Waals surface area contributed by atoms with Crippen molar-refractivity contribution in [3.63, 3.8) is 0 Å². The van der Waals surface area contributed by atoms with Gasteiger partial charge in [0.15, 0.2) is 6.61 Å². The van der Waals surface area contributed by atoms with Crippen LogP contribution in [0.5, 0.6) is 0 Å². The molecule has 1 saturated heterocycles. The van der Waals surface area contributed by atoms with Crippen molar-refractivity contribution in [2.75, 3.05) is 16.8 Å². The topological polar surface area (TPSA) is 92.8 Å². The number of para-hydroxylation sites is 1. The number of hydrogen-bond donors (Lipinski definition) is 1. The summed E-state index contributed by atoms with van der Waals surface area (Å²) in [5, 5.41) is 2.77. The maximum absolute atomic E-state index is 12.4. The molecule has 4 rings (SSSR count). The van der Waals surface area contributed by atoms with Crippen molar-refractivity contribution in [1.29, 1.82) is 0 Å². The molecule has 0 aliphatic carbocycles. The van der Waals surface area contributed by atoms with Gasteiger partial charge in [-0.25, -0.2) is 4.79 Å². The van der Waals surface area contributed by atoms with E-state index in [1.165, 1.54) is 24.3 Å². The van der Waals surface area contributed by atoms with Gasteiger partial charge in [-0.05, 0) is 35.9 Å². The zero-order valence-corrected chi connectivity index (χ0v) is 17.1. The largest absolute Gasteiger partial charge is 0.452 e. The Balaban J connectivity index is 1.36. The minimum atomic E-state index is -0.679. The average molecular weight is 428 g/mol. The molecule has 32 heavy (non-hydrogen) atoms. The van der Waals surface area contributed by atoms with Gasteiger partial charge in [-0.1, -0.05) is 48.5 Å². The standard InChI is InChI=1S/C25H20N2O5/c28-22(26-21-9-5-4-8-20(21)17-6-2-1-3-7-17)16-32-25(31)18-10-12-19(13-11-18)27-23(29)14-15-24(27)30/h1-13H,14-16H2,(H,26,28).